The summed E-state index contributed by atoms with van der Waals surface area (Å²) in [7, 11) is -6.36. The lowest BCUT2D eigenvalue weighted by atomic mass is 10.00. The first-order chi connectivity index (χ1) is 28.7. The van der Waals surface area contributed by atoms with E-state index < -0.39 is 60.3 Å². The van der Waals surface area contributed by atoms with E-state index in [0.29, 0.717) is 31.1 Å². The van der Waals surface area contributed by atoms with Crippen LogP contribution in [0, 0.1) is 11.8 Å². The number of rotatable bonds is 23. The maximum atomic E-state index is 13.9. The van der Waals surface area contributed by atoms with Gasteiger partial charge < -0.3 is 43.9 Å². The van der Waals surface area contributed by atoms with Gasteiger partial charge in [0.25, 0.3) is 0 Å². The number of nitrogens with zero attached hydrogens (tertiary/aromatic N) is 1. The van der Waals surface area contributed by atoms with Crippen molar-refractivity contribution in [3.05, 3.63) is 90.0 Å². The molecule has 7 atom stereocenters. The number of amides is 1. The van der Waals surface area contributed by atoms with Crippen LogP contribution in [0.5, 0.6) is 11.5 Å². The first-order valence-electron chi connectivity index (χ1n) is 20.2. The molecule has 330 valence electrons. The second kappa shape index (κ2) is 22.2. The minimum Gasteiger partial charge on any atom is -0.497 e. The van der Waals surface area contributed by atoms with Crippen molar-refractivity contribution in [2.75, 3.05) is 52.7 Å². The van der Waals surface area contributed by atoms with Crippen molar-refractivity contribution in [1.82, 2.24) is 14.9 Å². The molecule has 3 N–H and O–H groups in total. The molecule has 2 aliphatic rings. The number of aliphatic hydroxyl groups excluding tert-OH is 1. The van der Waals surface area contributed by atoms with E-state index in [-0.39, 0.29) is 62.2 Å². The number of carbonyl (C=O) groups excluding carboxylic acids is 2. The zero-order valence-corrected chi connectivity index (χ0v) is 36.5. The number of fused-ring (bicyclic) bond motifs is 1. The summed E-state index contributed by atoms with van der Waals surface area (Å²) in [6.45, 7) is 8.19. The molecule has 5 rings (SSSR count). The lowest BCUT2D eigenvalue weighted by Crippen LogP contribution is -2.51. The zero-order valence-electron chi connectivity index (χ0n) is 34.8. The molecule has 60 heavy (non-hydrogen) atoms. The number of benzene rings is 3. The van der Waals surface area contributed by atoms with Gasteiger partial charge in [-0.05, 0) is 80.1 Å². The normalized spacial score (nSPS) is 20.2. The number of nitrogens with one attached hydrogen (secondary N) is 2. The molecule has 2 saturated heterocycles. The lowest BCUT2D eigenvalue weighted by molar-refractivity contribution is -0.150. The molecule has 0 aromatic heterocycles. The Hall–Kier alpha value is -4.06. The van der Waals surface area contributed by atoms with Crippen molar-refractivity contribution in [3.8, 4) is 11.5 Å². The fourth-order valence-corrected chi connectivity index (χ4v) is 10.2. The Labute approximate surface area is 352 Å². The highest BCUT2D eigenvalue weighted by molar-refractivity contribution is 7.89. The van der Waals surface area contributed by atoms with Crippen LogP contribution < -0.4 is 19.9 Å². The number of methoxy groups -OCH3 is 1. The molecular weight excluding hydrogens is 818 g/mol. The summed E-state index contributed by atoms with van der Waals surface area (Å²) < 4.78 is 81.5. The van der Waals surface area contributed by atoms with Crippen molar-refractivity contribution in [1.29, 1.82) is 0 Å². The summed E-state index contributed by atoms with van der Waals surface area (Å²) >= 11 is 0. The van der Waals surface area contributed by atoms with Crippen molar-refractivity contribution in [3.63, 3.8) is 0 Å². The van der Waals surface area contributed by atoms with Crippen LogP contribution in [0.2, 0.25) is 0 Å². The molecule has 0 saturated carbocycles. The third-order valence-electron chi connectivity index (χ3n) is 9.96. The standard InChI is InChI=1S/C42H58N3O13PS/c1-6-53-40(47)30(4)57-59(49,58-34-10-8-7-9-11-34)23-21-43-25-32-14-12-31(13-15-32)24-37(44-42(48)56-39-28-55-41-36(39)20-22-54-41)38(46)27-45(26-29(2)3)60(50,51)35-18-16-33(52-5)17-19-35/h7-19,29-30,36-39,41,43,46H,6,20-28H2,1-5H3,(H,44,48)/t30-,36?,37-,38+,39-,41?,59?/m0/s1. The van der Waals surface area contributed by atoms with Gasteiger partial charge in [-0.25, -0.2) is 22.6 Å². The number of carbonyl (C=O) groups is 2. The third-order valence-corrected chi connectivity index (χ3v) is 13.7. The van der Waals surface area contributed by atoms with Gasteiger partial charge in [-0.2, -0.15) is 4.31 Å². The SMILES string of the molecule is CCOC(=O)[C@H](C)OP(=O)(CCNCc1ccc(C[C@H](NC(=O)O[C@H]2COC3OCCC32)[C@H](O)CN(CC(C)C)S(=O)(=O)c2ccc(OC)cc2)cc1)Oc1ccccc1. The van der Waals surface area contributed by atoms with E-state index in [2.05, 4.69) is 10.6 Å². The third kappa shape index (κ3) is 13.5. The van der Waals surface area contributed by atoms with Crippen molar-refractivity contribution < 1.29 is 60.4 Å². The Balaban J connectivity index is 1.25. The summed E-state index contributed by atoms with van der Waals surface area (Å²) in [6, 6.07) is 21.1. The molecule has 0 radical (unpaired) electrons. The Morgan fingerprint density at radius 3 is 2.32 bits per heavy atom. The van der Waals surface area contributed by atoms with E-state index in [4.69, 9.17) is 32.7 Å². The van der Waals surface area contributed by atoms with Gasteiger partial charge in [0.1, 0.15) is 17.6 Å². The highest BCUT2D eigenvalue weighted by atomic mass is 32.2. The molecule has 2 aliphatic heterocycles. The average Bonchev–Trinajstić information content (AvgIpc) is 3.85. The lowest BCUT2D eigenvalue weighted by Gasteiger charge is -2.31. The number of ether oxygens (including phenoxy) is 5. The Kier molecular flexibility index (Phi) is 17.4. The minimum atomic E-state index is -4.05. The zero-order chi connectivity index (χ0) is 43.3. The molecular formula is C42H58N3O13PS. The number of hydrogen-bond acceptors (Lipinski definition) is 14. The molecule has 16 nitrogen and oxygen atoms in total. The summed E-state index contributed by atoms with van der Waals surface area (Å²) in [6.07, 6.45) is -3.35. The molecule has 0 aliphatic carbocycles. The van der Waals surface area contributed by atoms with E-state index in [0.717, 1.165) is 11.1 Å². The number of sulfonamides is 1. The van der Waals surface area contributed by atoms with Gasteiger partial charge in [-0.3, -0.25) is 4.52 Å². The van der Waals surface area contributed by atoms with E-state index >= 15 is 0 Å². The first-order valence-corrected chi connectivity index (χ1v) is 23.4. The molecule has 3 aromatic carbocycles. The van der Waals surface area contributed by atoms with Crippen molar-refractivity contribution in [2.45, 2.75) is 82.6 Å². The van der Waals surface area contributed by atoms with Crippen LogP contribution in [0.1, 0.15) is 45.2 Å². The number of para-hydroxylation sites is 1. The number of aliphatic hydroxyl groups is 1. The molecule has 18 heteroatoms. The molecule has 2 fully saturated rings. The van der Waals surface area contributed by atoms with Gasteiger partial charge >= 0.3 is 19.7 Å². The minimum absolute atomic E-state index is 0.0333. The van der Waals surface area contributed by atoms with Gasteiger partial charge in [-0.1, -0.05) is 56.3 Å². The van der Waals surface area contributed by atoms with Crippen LogP contribution in [0.4, 0.5) is 4.79 Å². The van der Waals surface area contributed by atoms with Gasteiger partial charge in [0, 0.05) is 26.2 Å². The van der Waals surface area contributed by atoms with E-state index in [1.807, 2.05) is 38.1 Å². The Bertz CT molecular complexity index is 1970. The predicted molar refractivity (Wildman–Crippen MR) is 222 cm³/mol. The van der Waals surface area contributed by atoms with Gasteiger partial charge in [0.05, 0.1) is 56.1 Å². The van der Waals surface area contributed by atoms with E-state index in [1.54, 1.807) is 49.4 Å². The van der Waals surface area contributed by atoms with Crippen LogP contribution in [-0.4, -0.2) is 113 Å². The van der Waals surface area contributed by atoms with Gasteiger partial charge in [0.2, 0.25) is 10.0 Å². The second-order valence-electron chi connectivity index (χ2n) is 15.1. The summed E-state index contributed by atoms with van der Waals surface area (Å²) in [5, 5.41) is 17.8. The second-order valence-corrected chi connectivity index (χ2v) is 19.1. The number of hydrogen-bond donors (Lipinski definition) is 3. The van der Waals surface area contributed by atoms with Crippen LogP contribution in [0.3, 0.4) is 0 Å². The van der Waals surface area contributed by atoms with Crippen LogP contribution in [0.25, 0.3) is 0 Å². The quantitative estimate of drug-likeness (QED) is 0.0644. The molecule has 3 aromatic rings. The van der Waals surface area contributed by atoms with E-state index in [9.17, 15) is 27.7 Å². The predicted octanol–water partition coefficient (Wildman–Crippen LogP) is 5.13. The number of esters is 1. The Morgan fingerprint density at radius 2 is 1.65 bits per heavy atom. The molecule has 0 bridgehead atoms. The number of alkyl carbamates (subject to hydrolysis) is 1. The molecule has 2 heterocycles. The van der Waals surface area contributed by atoms with E-state index in [1.165, 1.54) is 30.5 Å². The maximum Gasteiger partial charge on any atom is 0.407 e. The summed E-state index contributed by atoms with van der Waals surface area (Å²) in [5.74, 6) is 0.0332. The largest absolute Gasteiger partial charge is 0.497 e. The monoisotopic (exact) mass is 875 g/mol. The highest BCUT2D eigenvalue weighted by Crippen LogP contribution is 2.49. The maximum absolute atomic E-state index is 13.9. The van der Waals surface area contributed by atoms with Crippen LogP contribution >= 0.6 is 7.60 Å². The molecule has 0 spiro atoms. The van der Waals surface area contributed by atoms with Gasteiger partial charge in [-0.15, -0.1) is 0 Å². The highest BCUT2D eigenvalue weighted by Gasteiger charge is 2.44. The van der Waals surface area contributed by atoms with Crippen LogP contribution in [-0.2, 0) is 55.8 Å². The molecule has 3 unspecified atom stereocenters. The smallest absolute Gasteiger partial charge is 0.407 e. The fraction of sp³-hybridized carbons (Fsp3) is 0.524. The Morgan fingerprint density at radius 1 is 0.950 bits per heavy atom. The summed E-state index contributed by atoms with van der Waals surface area (Å²) in [5.41, 5.74) is 1.64. The fourth-order valence-electron chi connectivity index (χ4n) is 6.87. The van der Waals surface area contributed by atoms with Crippen molar-refractivity contribution >= 4 is 29.7 Å². The summed E-state index contributed by atoms with van der Waals surface area (Å²) in [4.78, 5) is 25.7. The van der Waals surface area contributed by atoms with Crippen LogP contribution in [0.15, 0.2) is 83.8 Å². The topological polar surface area (TPSA) is 197 Å². The van der Waals surface area contributed by atoms with Crippen molar-refractivity contribution in [2.24, 2.45) is 11.8 Å². The molecule has 1 amide bonds. The first kappa shape index (κ1) is 47.0. The average molecular weight is 876 g/mol. The van der Waals surface area contributed by atoms with Gasteiger partial charge in [0.15, 0.2) is 12.4 Å².